The van der Waals surface area contributed by atoms with Gasteiger partial charge < -0.3 is 4.55 Å². The first kappa shape index (κ1) is 12.5. The number of benzene rings is 1. The molecule has 0 radical (unpaired) electrons. The van der Waals surface area contributed by atoms with Gasteiger partial charge in [0.15, 0.2) is 0 Å². The van der Waals surface area contributed by atoms with Crippen LogP contribution in [0.5, 0.6) is 0 Å². The Kier molecular flexibility index (Phi) is 3.22. The van der Waals surface area contributed by atoms with Gasteiger partial charge in [0.05, 0.1) is 0 Å². The fourth-order valence-electron chi connectivity index (χ4n) is 2.10. The highest BCUT2D eigenvalue weighted by Crippen LogP contribution is 2.35. The highest BCUT2D eigenvalue weighted by atomic mass is 32.2. The highest BCUT2D eigenvalue weighted by Gasteiger charge is 2.45. The summed E-state index contributed by atoms with van der Waals surface area (Å²) in [7, 11) is -4.49. The molecule has 0 N–H and O–H groups in total. The van der Waals surface area contributed by atoms with Crippen molar-refractivity contribution >= 4 is 10.3 Å². The second kappa shape index (κ2) is 4.38. The minimum atomic E-state index is -4.49. The van der Waals surface area contributed by atoms with Gasteiger partial charge in [0.1, 0.15) is 19.2 Å². The van der Waals surface area contributed by atoms with Crippen LogP contribution in [-0.4, -0.2) is 30.1 Å². The van der Waals surface area contributed by atoms with Crippen LogP contribution in [0, 0.1) is 0 Å². The zero-order valence-electron chi connectivity index (χ0n) is 9.57. The van der Waals surface area contributed by atoms with E-state index in [4.69, 9.17) is 4.84 Å². The van der Waals surface area contributed by atoms with Gasteiger partial charge in [-0.05, 0) is 12.5 Å². The van der Waals surface area contributed by atoms with E-state index in [1.165, 1.54) is 0 Å². The Labute approximate surface area is 101 Å². The molecule has 94 valence electrons. The number of hydroxylamine groups is 2. The summed E-state index contributed by atoms with van der Waals surface area (Å²) < 4.78 is 33.0. The lowest BCUT2D eigenvalue weighted by Crippen LogP contribution is -2.48. The summed E-state index contributed by atoms with van der Waals surface area (Å²) in [4.78, 5) is 5.49. The van der Waals surface area contributed by atoms with Crippen LogP contribution in [-0.2, 0) is 15.1 Å². The summed E-state index contributed by atoms with van der Waals surface area (Å²) in [6.07, 6.45) is 0.221. The van der Waals surface area contributed by atoms with Crippen molar-refractivity contribution in [2.24, 2.45) is 0 Å². The van der Waals surface area contributed by atoms with E-state index in [-0.39, 0.29) is 19.2 Å². The first-order valence-corrected chi connectivity index (χ1v) is 6.91. The molecule has 1 heterocycles. The molecule has 1 saturated heterocycles. The molecule has 1 aliphatic heterocycles. The van der Waals surface area contributed by atoms with Gasteiger partial charge in [-0.3, -0.25) is 0 Å². The number of hydrogen-bond acceptors (Lipinski definition) is 4. The van der Waals surface area contributed by atoms with Crippen molar-refractivity contribution in [1.82, 2.24) is 0 Å². The summed E-state index contributed by atoms with van der Waals surface area (Å²) in [6, 6.07) is 9.35. The molecule has 1 aromatic carbocycles. The van der Waals surface area contributed by atoms with Crippen LogP contribution in [0.4, 0.5) is 0 Å². The molecular weight excluding hydrogens is 242 g/mol. The van der Waals surface area contributed by atoms with Crippen molar-refractivity contribution in [2.45, 2.75) is 19.4 Å². The molecule has 17 heavy (non-hydrogen) atoms. The largest absolute Gasteiger partial charge is 0.699 e. The molecule has 5 nitrogen and oxygen atoms in total. The molecule has 1 fully saturated rings. The topological polar surface area (TPSA) is 66.4 Å². The smallest absolute Gasteiger partial charge is 0.285 e. The average molecular weight is 257 g/mol. The van der Waals surface area contributed by atoms with E-state index in [2.05, 4.69) is 0 Å². The van der Waals surface area contributed by atoms with Crippen LogP contribution in [0.1, 0.15) is 25.0 Å². The van der Waals surface area contributed by atoms with Crippen molar-refractivity contribution in [3.63, 3.8) is 0 Å². The Hall–Kier alpha value is -0.950. The average Bonchev–Trinajstić information content (AvgIpc) is 2.75. The minimum absolute atomic E-state index is 0.134. The standard InChI is InChI=1S/C11H15NO4S/c1-2-12(17(13,14)15)9-8-11(16-12)10-6-4-3-5-7-10/h3-7,11H,2,8-9H2,1H3. The SMILES string of the molecule is CC[N+]1(S(=O)(=O)[O-])CCC(c2ccccc2)O1. The van der Waals surface area contributed by atoms with Gasteiger partial charge in [0.2, 0.25) is 0 Å². The van der Waals surface area contributed by atoms with Crippen LogP contribution < -0.4 is 0 Å². The molecule has 0 aliphatic carbocycles. The lowest BCUT2D eigenvalue weighted by Gasteiger charge is -2.30. The monoisotopic (exact) mass is 257 g/mol. The lowest BCUT2D eigenvalue weighted by atomic mass is 10.1. The third-order valence-corrected chi connectivity index (χ3v) is 4.45. The van der Waals surface area contributed by atoms with E-state index < -0.39 is 14.4 Å². The maximum Gasteiger partial charge on any atom is 0.285 e. The quantitative estimate of drug-likeness (QED) is 0.605. The number of hydrogen-bond donors (Lipinski definition) is 0. The van der Waals surface area contributed by atoms with Crippen LogP contribution in [0.3, 0.4) is 0 Å². The molecule has 0 amide bonds. The molecule has 0 bridgehead atoms. The van der Waals surface area contributed by atoms with E-state index in [0.29, 0.717) is 6.42 Å². The first-order valence-electron chi connectivity index (χ1n) is 5.55. The molecule has 2 atom stereocenters. The third-order valence-electron chi connectivity index (χ3n) is 3.11. The van der Waals surface area contributed by atoms with E-state index in [1.807, 2.05) is 30.3 Å². The minimum Gasteiger partial charge on any atom is -0.699 e. The summed E-state index contributed by atoms with van der Waals surface area (Å²) in [5, 5.41) is 0. The molecule has 0 spiro atoms. The lowest BCUT2D eigenvalue weighted by molar-refractivity contribution is -0.996. The first-order chi connectivity index (χ1) is 7.98. The zero-order chi connectivity index (χ0) is 12.5. The highest BCUT2D eigenvalue weighted by molar-refractivity contribution is 7.79. The molecule has 0 saturated carbocycles. The Morgan fingerprint density at radius 1 is 1.41 bits per heavy atom. The summed E-state index contributed by atoms with van der Waals surface area (Å²) in [6.45, 7) is 1.99. The summed E-state index contributed by atoms with van der Waals surface area (Å²) in [5.41, 5.74) is 0.907. The fraction of sp³-hybridized carbons (Fsp3) is 0.455. The Bertz CT molecular complexity index is 487. The third kappa shape index (κ3) is 2.21. The van der Waals surface area contributed by atoms with E-state index in [9.17, 15) is 13.0 Å². The maximum absolute atomic E-state index is 11.3. The predicted molar refractivity (Wildman–Crippen MR) is 60.3 cm³/mol. The Morgan fingerprint density at radius 2 is 2.06 bits per heavy atom. The van der Waals surface area contributed by atoms with Gasteiger partial charge in [0.25, 0.3) is 10.3 Å². The van der Waals surface area contributed by atoms with Gasteiger partial charge in [-0.2, -0.15) is 13.3 Å². The van der Waals surface area contributed by atoms with E-state index in [0.717, 1.165) is 5.56 Å². The molecule has 0 aromatic heterocycles. The molecular formula is C11H15NO4S. The fourth-order valence-corrected chi connectivity index (χ4v) is 2.96. The normalized spacial score (nSPS) is 29.4. The predicted octanol–water partition coefficient (Wildman–Crippen LogP) is 1.36. The van der Waals surface area contributed by atoms with Gasteiger partial charge in [-0.15, -0.1) is 0 Å². The van der Waals surface area contributed by atoms with Gasteiger partial charge in [0, 0.05) is 6.42 Å². The van der Waals surface area contributed by atoms with Crippen molar-refractivity contribution in [1.29, 1.82) is 0 Å². The van der Waals surface area contributed by atoms with E-state index in [1.54, 1.807) is 6.92 Å². The summed E-state index contributed by atoms with van der Waals surface area (Å²) >= 11 is 0. The van der Waals surface area contributed by atoms with Crippen molar-refractivity contribution in [3.05, 3.63) is 35.9 Å². The second-order valence-electron chi connectivity index (χ2n) is 4.08. The van der Waals surface area contributed by atoms with E-state index >= 15 is 0 Å². The number of nitrogens with zero attached hydrogens (tertiary/aromatic N) is 1. The second-order valence-corrected chi connectivity index (χ2v) is 5.60. The molecule has 2 rings (SSSR count). The Balaban J connectivity index is 2.25. The van der Waals surface area contributed by atoms with Crippen molar-refractivity contribution in [3.8, 4) is 0 Å². The molecule has 1 aliphatic rings. The summed E-state index contributed by atoms with van der Waals surface area (Å²) in [5.74, 6) is 0. The van der Waals surface area contributed by atoms with Gasteiger partial charge in [-0.25, -0.2) is 0 Å². The molecule has 1 aromatic rings. The van der Waals surface area contributed by atoms with Gasteiger partial charge >= 0.3 is 0 Å². The van der Waals surface area contributed by atoms with Crippen LogP contribution in [0.15, 0.2) is 30.3 Å². The number of rotatable bonds is 3. The zero-order valence-corrected chi connectivity index (χ0v) is 10.4. The van der Waals surface area contributed by atoms with Crippen molar-refractivity contribution < 1.29 is 21.9 Å². The molecule has 6 heteroatoms. The molecule has 2 unspecified atom stereocenters. The van der Waals surface area contributed by atoms with Crippen LogP contribution >= 0.6 is 0 Å². The van der Waals surface area contributed by atoms with Crippen molar-refractivity contribution in [2.75, 3.05) is 13.1 Å². The maximum atomic E-state index is 11.3. The van der Waals surface area contributed by atoms with Crippen LogP contribution in [0.2, 0.25) is 0 Å². The van der Waals surface area contributed by atoms with Crippen LogP contribution in [0.25, 0.3) is 0 Å². The Morgan fingerprint density at radius 3 is 2.53 bits per heavy atom. The van der Waals surface area contributed by atoms with Gasteiger partial charge in [-0.1, -0.05) is 34.4 Å². The number of quaternary nitrogens is 1.